The van der Waals surface area contributed by atoms with Gasteiger partial charge in [0.05, 0.1) is 16.3 Å². The number of aryl methyl sites for hydroxylation is 1. The number of hydrogen-bond donors (Lipinski definition) is 0. The summed E-state index contributed by atoms with van der Waals surface area (Å²) < 4.78 is 0. The first-order chi connectivity index (χ1) is 13.6. The van der Waals surface area contributed by atoms with Crippen LogP contribution in [0, 0.1) is 10.1 Å². The predicted octanol–water partition coefficient (Wildman–Crippen LogP) is 6.09. The summed E-state index contributed by atoms with van der Waals surface area (Å²) in [6.07, 6.45) is 0.906. The van der Waals surface area contributed by atoms with E-state index in [-0.39, 0.29) is 5.69 Å². The molecule has 28 heavy (non-hydrogen) atoms. The fraction of sp³-hybridized carbons (Fsp3) is 0.182. The smallest absolute Gasteiger partial charge is 0.269 e. The highest BCUT2D eigenvalue weighted by Gasteiger charge is 2.20. The fourth-order valence-corrected chi connectivity index (χ4v) is 3.49. The zero-order valence-corrected chi connectivity index (χ0v) is 15.6. The lowest BCUT2D eigenvalue weighted by Gasteiger charge is -2.21. The van der Waals surface area contributed by atoms with Gasteiger partial charge in [0.15, 0.2) is 0 Å². The Kier molecular flexibility index (Phi) is 4.85. The third-order valence-electron chi connectivity index (χ3n) is 4.97. The van der Waals surface area contributed by atoms with Gasteiger partial charge >= 0.3 is 0 Å². The quantitative estimate of drug-likeness (QED) is 0.309. The van der Waals surface area contributed by atoms with E-state index in [0.29, 0.717) is 5.69 Å². The zero-order valence-electron chi connectivity index (χ0n) is 15.6. The average molecular weight is 372 g/mol. The number of benzene rings is 3. The molecule has 0 atom stereocenters. The molecule has 1 heterocycles. The van der Waals surface area contributed by atoms with Crippen LogP contribution in [0.25, 0.3) is 0 Å². The Bertz CT molecular complexity index is 1020. The van der Waals surface area contributed by atoms with Crippen LogP contribution in [-0.2, 0) is 19.5 Å². The second kappa shape index (κ2) is 7.60. The highest BCUT2D eigenvalue weighted by molar-refractivity contribution is 5.61. The molecule has 1 aliphatic heterocycles. The molecule has 6 heteroatoms. The van der Waals surface area contributed by atoms with Crippen LogP contribution in [-0.4, -0.2) is 4.92 Å². The number of rotatable bonds is 5. The lowest BCUT2D eigenvalue weighted by molar-refractivity contribution is -0.384. The summed E-state index contributed by atoms with van der Waals surface area (Å²) in [4.78, 5) is 12.7. The van der Waals surface area contributed by atoms with Crippen LogP contribution in [0.2, 0.25) is 0 Å². The molecular formula is C22H20N4O2. The van der Waals surface area contributed by atoms with Crippen LogP contribution in [0.3, 0.4) is 0 Å². The highest BCUT2D eigenvalue weighted by atomic mass is 16.6. The molecule has 0 radical (unpaired) electrons. The van der Waals surface area contributed by atoms with Crippen molar-refractivity contribution in [1.29, 1.82) is 0 Å². The average Bonchev–Trinajstić information content (AvgIpc) is 3.16. The summed E-state index contributed by atoms with van der Waals surface area (Å²) >= 11 is 0. The maximum absolute atomic E-state index is 10.7. The summed E-state index contributed by atoms with van der Waals surface area (Å²) in [5.74, 6) is 0. The van der Waals surface area contributed by atoms with Crippen molar-refractivity contribution in [3.05, 3.63) is 93.5 Å². The molecule has 0 fully saturated rings. The van der Waals surface area contributed by atoms with Gasteiger partial charge in [-0.15, -0.1) is 0 Å². The molecule has 0 aromatic heterocycles. The van der Waals surface area contributed by atoms with Gasteiger partial charge in [0.25, 0.3) is 5.69 Å². The van der Waals surface area contributed by atoms with Gasteiger partial charge in [0, 0.05) is 30.9 Å². The Balaban J connectivity index is 1.53. The van der Waals surface area contributed by atoms with E-state index in [1.54, 1.807) is 12.1 Å². The maximum atomic E-state index is 10.7. The molecule has 0 unspecified atom stereocenters. The summed E-state index contributed by atoms with van der Waals surface area (Å²) in [7, 11) is 0. The largest absolute Gasteiger partial charge is 0.363 e. The lowest BCUT2D eigenvalue weighted by Crippen LogP contribution is -2.16. The van der Waals surface area contributed by atoms with Gasteiger partial charge in [-0.25, -0.2) is 0 Å². The molecule has 0 spiro atoms. The van der Waals surface area contributed by atoms with Crippen LogP contribution >= 0.6 is 0 Å². The van der Waals surface area contributed by atoms with Gasteiger partial charge in [-0.1, -0.05) is 31.2 Å². The number of non-ortho nitro benzene ring substituents is 1. The number of nitro groups is 1. The Morgan fingerprint density at radius 3 is 2.14 bits per heavy atom. The molecule has 0 bridgehead atoms. The van der Waals surface area contributed by atoms with E-state index >= 15 is 0 Å². The van der Waals surface area contributed by atoms with Crippen LogP contribution in [0.15, 0.2) is 77.0 Å². The van der Waals surface area contributed by atoms with E-state index < -0.39 is 4.92 Å². The minimum absolute atomic E-state index is 0.0446. The molecule has 3 aromatic carbocycles. The van der Waals surface area contributed by atoms with Gasteiger partial charge in [-0.05, 0) is 53.4 Å². The molecule has 140 valence electrons. The lowest BCUT2D eigenvalue weighted by atomic mass is 10.1. The fourth-order valence-electron chi connectivity index (χ4n) is 3.49. The van der Waals surface area contributed by atoms with Crippen LogP contribution in [0.1, 0.15) is 23.6 Å². The number of fused-ring (bicyclic) bond motifs is 1. The predicted molar refractivity (Wildman–Crippen MR) is 109 cm³/mol. The maximum Gasteiger partial charge on any atom is 0.269 e. The van der Waals surface area contributed by atoms with Crippen LogP contribution < -0.4 is 4.90 Å². The summed E-state index contributed by atoms with van der Waals surface area (Å²) in [6.45, 7) is 3.99. The van der Waals surface area contributed by atoms with Gasteiger partial charge < -0.3 is 4.90 Å². The first-order valence-corrected chi connectivity index (χ1v) is 9.25. The Morgan fingerprint density at radius 2 is 1.54 bits per heavy atom. The summed E-state index contributed by atoms with van der Waals surface area (Å²) in [5, 5.41) is 19.2. The molecule has 3 aromatic rings. The Labute approximate surface area is 163 Å². The summed E-state index contributed by atoms with van der Waals surface area (Å²) in [6, 6.07) is 20.7. The van der Waals surface area contributed by atoms with Crippen LogP contribution in [0.4, 0.5) is 22.7 Å². The number of hydrogen-bond acceptors (Lipinski definition) is 5. The topological polar surface area (TPSA) is 71.1 Å². The van der Waals surface area contributed by atoms with Crippen molar-refractivity contribution < 1.29 is 4.92 Å². The van der Waals surface area contributed by atoms with Crippen molar-refractivity contribution in [3.8, 4) is 0 Å². The van der Waals surface area contributed by atoms with E-state index in [2.05, 4.69) is 58.5 Å². The number of nitro benzene ring substituents is 1. The molecule has 0 amide bonds. The third kappa shape index (κ3) is 3.62. The zero-order chi connectivity index (χ0) is 19.5. The first-order valence-electron chi connectivity index (χ1n) is 9.25. The Hall–Kier alpha value is -3.54. The van der Waals surface area contributed by atoms with E-state index in [0.717, 1.165) is 25.2 Å². The molecule has 0 saturated carbocycles. The van der Waals surface area contributed by atoms with Crippen molar-refractivity contribution >= 4 is 22.7 Å². The normalized spacial score (nSPS) is 13.1. The molecule has 4 rings (SSSR count). The number of anilines is 1. The van der Waals surface area contributed by atoms with Crippen molar-refractivity contribution in [2.75, 3.05) is 4.90 Å². The highest BCUT2D eigenvalue weighted by Crippen LogP contribution is 2.33. The first kappa shape index (κ1) is 17.9. The standard InChI is InChI=1S/C22H20N4O2/c1-2-16-13-20(24-23-19-7-10-21(11-8-19)26(27)28)9-12-22(16)25-14-17-5-3-4-6-18(17)15-25/h3-13H,2,14-15H2,1H3. The number of azo groups is 1. The second-order valence-corrected chi connectivity index (χ2v) is 6.76. The van der Waals surface area contributed by atoms with E-state index in [4.69, 9.17) is 0 Å². The van der Waals surface area contributed by atoms with E-state index in [1.807, 2.05) is 6.07 Å². The summed E-state index contributed by atoms with van der Waals surface area (Å²) in [5.41, 5.74) is 6.63. The second-order valence-electron chi connectivity index (χ2n) is 6.76. The van der Waals surface area contributed by atoms with Gasteiger partial charge in [-0.3, -0.25) is 10.1 Å². The molecule has 0 N–H and O–H groups in total. The molecular weight excluding hydrogens is 352 g/mol. The van der Waals surface area contributed by atoms with Crippen molar-refractivity contribution in [1.82, 2.24) is 0 Å². The molecule has 6 nitrogen and oxygen atoms in total. The van der Waals surface area contributed by atoms with Gasteiger partial charge in [0.2, 0.25) is 0 Å². The minimum atomic E-state index is -0.427. The molecule has 0 saturated heterocycles. The minimum Gasteiger partial charge on any atom is -0.363 e. The molecule has 0 aliphatic carbocycles. The van der Waals surface area contributed by atoms with Crippen LogP contribution in [0.5, 0.6) is 0 Å². The monoisotopic (exact) mass is 372 g/mol. The third-order valence-corrected chi connectivity index (χ3v) is 4.97. The SMILES string of the molecule is CCc1cc(N=Nc2ccc([N+](=O)[O-])cc2)ccc1N1Cc2ccccc2C1. The van der Waals surface area contributed by atoms with Gasteiger partial charge in [-0.2, -0.15) is 10.2 Å². The van der Waals surface area contributed by atoms with Crippen molar-refractivity contribution in [3.63, 3.8) is 0 Å². The van der Waals surface area contributed by atoms with Crippen molar-refractivity contribution in [2.45, 2.75) is 26.4 Å². The van der Waals surface area contributed by atoms with Gasteiger partial charge in [0.1, 0.15) is 0 Å². The number of nitrogens with zero attached hydrogens (tertiary/aromatic N) is 4. The van der Waals surface area contributed by atoms with E-state index in [1.165, 1.54) is 34.5 Å². The molecule has 1 aliphatic rings. The van der Waals surface area contributed by atoms with E-state index in [9.17, 15) is 10.1 Å². The Morgan fingerprint density at radius 1 is 0.929 bits per heavy atom. The van der Waals surface area contributed by atoms with Crippen molar-refractivity contribution in [2.24, 2.45) is 10.2 Å².